The first kappa shape index (κ1) is 23.1. The van der Waals surface area contributed by atoms with Gasteiger partial charge in [-0.25, -0.2) is 4.39 Å². The van der Waals surface area contributed by atoms with Crippen molar-refractivity contribution in [2.24, 2.45) is 10.9 Å². The summed E-state index contributed by atoms with van der Waals surface area (Å²) in [6.45, 7) is 0.0374. The molecule has 0 saturated carbocycles. The summed E-state index contributed by atoms with van der Waals surface area (Å²) >= 11 is 0. The minimum atomic E-state index is -4.31. The van der Waals surface area contributed by atoms with E-state index in [1.54, 1.807) is 24.3 Å². The number of aliphatic hydroxyl groups excluding tert-OH is 1. The maximum atomic E-state index is 13.4. The van der Waals surface area contributed by atoms with Crippen LogP contribution in [0.3, 0.4) is 0 Å². The molecule has 0 spiro atoms. The number of nitrogens with zero attached hydrogens (tertiary/aromatic N) is 3. The molecule has 0 radical (unpaired) electrons. The van der Waals surface area contributed by atoms with Crippen LogP contribution in [0.25, 0.3) is 0 Å². The predicted molar refractivity (Wildman–Crippen MR) is 118 cm³/mol. The molecule has 2 amide bonds. The van der Waals surface area contributed by atoms with Crippen molar-refractivity contribution in [1.82, 2.24) is 9.80 Å². The van der Waals surface area contributed by atoms with Gasteiger partial charge in [0.05, 0.1) is 11.7 Å². The van der Waals surface area contributed by atoms with E-state index in [1.807, 2.05) is 0 Å². The number of hydrogen-bond acceptors (Lipinski definition) is 5. The molecule has 2 heterocycles. The summed E-state index contributed by atoms with van der Waals surface area (Å²) in [6, 6.07) is 4.86. The van der Waals surface area contributed by atoms with Gasteiger partial charge in [-0.05, 0) is 29.3 Å². The highest BCUT2D eigenvalue weighted by molar-refractivity contribution is 7.51. The highest BCUT2D eigenvalue weighted by Crippen LogP contribution is 2.43. The van der Waals surface area contributed by atoms with Gasteiger partial charge >= 0.3 is 7.60 Å². The maximum absolute atomic E-state index is 13.4. The predicted octanol–water partition coefficient (Wildman–Crippen LogP) is 1.55. The number of likely N-dealkylation sites (N-methyl/N-ethyl adjacent to an activating group) is 1. The Morgan fingerprint density at radius 3 is 2.67 bits per heavy atom. The second-order valence-electron chi connectivity index (χ2n) is 8.21. The van der Waals surface area contributed by atoms with E-state index >= 15 is 0 Å². The molecule has 174 valence electrons. The Morgan fingerprint density at radius 1 is 1.30 bits per heavy atom. The number of amides is 2. The highest BCUT2D eigenvalue weighted by atomic mass is 31.2. The van der Waals surface area contributed by atoms with E-state index in [-0.39, 0.29) is 36.5 Å². The normalized spacial score (nSPS) is 22.1. The van der Waals surface area contributed by atoms with E-state index < -0.39 is 43.3 Å². The van der Waals surface area contributed by atoms with Crippen LogP contribution >= 0.6 is 7.60 Å². The van der Waals surface area contributed by atoms with Crippen LogP contribution in [0.4, 0.5) is 4.39 Å². The molecule has 2 atom stereocenters. The van der Waals surface area contributed by atoms with Crippen LogP contribution in [0.5, 0.6) is 0 Å². The number of carbonyl (C=O) groups is 2. The van der Waals surface area contributed by atoms with Crippen molar-refractivity contribution >= 4 is 25.6 Å². The molecule has 4 rings (SSSR count). The van der Waals surface area contributed by atoms with Gasteiger partial charge in [-0.3, -0.25) is 19.1 Å². The van der Waals surface area contributed by atoms with Gasteiger partial charge in [0.2, 0.25) is 0 Å². The lowest BCUT2D eigenvalue weighted by Gasteiger charge is -2.32. The number of carbonyl (C=O) groups excluding carboxylic acids is 2. The lowest BCUT2D eigenvalue weighted by molar-refractivity contribution is -0.126. The summed E-state index contributed by atoms with van der Waals surface area (Å²) in [6.07, 6.45) is 4.35. The summed E-state index contributed by atoms with van der Waals surface area (Å²) in [5.41, 5.74) is 1.35. The number of aliphatic hydroxyl groups is 1. The van der Waals surface area contributed by atoms with Crippen molar-refractivity contribution in [2.45, 2.75) is 12.6 Å². The number of fused-ring (bicyclic) bond motifs is 2. The Morgan fingerprint density at radius 2 is 2.00 bits per heavy atom. The Kier molecular flexibility index (Phi) is 6.09. The summed E-state index contributed by atoms with van der Waals surface area (Å²) < 4.78 is 24.5. The van der Waals surface area contributed by atoms with E-state index in [2.05, 4.69) is 4.99 Å². The maximum Gasteiger partial charge on any atom is 0.327 e. The smallest absolute Gasteiger partial charge is 0.327 e. The molecule has 11 heteroatoms. The van der Waals surface area contributed by atoms with Crippen LogP contribution in [0.1, 0.15) is 5.56 Å². The van der Waals surface area contributed by atoms with Gasteiger partial charge in [0, 0.05) is 44.4 Å². The summed E-state index contributed by atoms with van der Waals surface area (Å²) in [5.74, 6) is -2.17. The molecule has 0 aromatic heterocycles. The second-order valence-corrected chi connectivity index (χ2v) is 9.99. The molecule has 9 nitrogen and oxygen atoms in total. The molecule has 1 fully saturated rings. The molecule has 1 aromatic carbocycles. The van der Waals surface area contributed by atoms with Crippen molar-refractivity contribution in [3.63, 3.8) is 0 Å². The third kappa shape index (κ3) is 4.55. The minimum Gasteiger partial charge on any atom is -0.509 e. The topological polar surface area (TPSA) is 131 Å². The first-order valence-electron chi connectivity index (χ1n) is 10.3. The molecule has 1 aliphatic carbocycles. The molecule has 2 unspecified atom stereocenters. The third-order valence-electron chi connectivity index (χ3n) is 5.93. The van der Waals surface area contributed by atoms with Crippen molar-refractivity contribution in [1.29, 1.82) is 0 Å². The highest BCUT2D eigenvalue weighted by Gasteiger charge is 2.47. The molecule has 2 aliphatic heterocycles. The zero-order chi connectivity index (χ0) is 23.9. The average Bonchev–Trinajstić information content (AvgIpc) is 3.09. The Hall–Kier alpha value is -3.07. The third-order valence-corrected chi connectivity index (χ3v) is 6.71. The fraction of sp³-hybridized carbons (Fsp3) is 0.318. The van der Waals surface area contributed by atoms with E-state index in [0.29, 0.717) is 11.1 Å². The first-order valence-corrected chi connectivity index (χ1v) is 12.1. The van der Waals surface area contributed by atoms with Gasteiger partial charge in [0.1, 0.15) is 17.6 Å². The number of rotatable bonds is 6. The van der Waals surface area contributed by atoms with Crippen LogP contribution in [0, 0.1) is 11.7 Å². The van der Waals surface area contributed by atoms with E-state index in [1.165, 1.54) is 35.2 Å². The monoisotopic (exact) mass is 475 g/mol. The standard InChI is InChI=1S/C22H23FN3O6P/c1-25(9-10-33(30,31)32)21(28)17-15-3-2-8-24-19(15)20(27)18-16(17)12-26(22(18)29)11-13-4-6-14(23)7-5-13/h2-8,15,19,27H,9-12H2,1H3,(H2,30,31,32). The van der Waals surface area contributed by atoms with Crippen LogP contribution in [0.2, 0.25) is 0 Å². The summed E-state index contributed by atoms with van der Waals surface area (Å²) in [4.78, 5) is 51.8. The van der Waals surface area contributed by atoms with Crippen LogP contribution in [-0.4, -0.2) is 75.1 Å². The van der Waals surface area contributed by atoms with Gasteiger partial charge in [-0.15, -0.1) is 0 Å². The van der Waals surface area contributed by atoms with Crippen molar-refractivity contribution in [2.75, 3.05) is 26.3 Å². The number of aliphatic imine (C=N–C) groups is 1. The van der Waals surface area contributed by atoms with Gasteiger partial charge in [-0.1, -0.05) is 18.2 Å². The van der Waals surface area contributed by atoms with Crippen molar-refractivity contribution in [3.8, 4) is 0 Å². The number of benzene rings is 1. The number of halogens is 1. The van der Waals surface area contributed by atoms with Gasteiger partial charge < -0.3 is 24.7 Å². The molecule has 1 saturated heterocycles. The molecule has 3 N–H and O–H groups in total. The van der Waals surface area contributed by atoms with Gasteiger partial charge in [0.15, 0.2) is 0 Å². The van der Waals surface area contributed by atoms with Gasteiger partial charge in [-0.2, -0.15) is 0 Å². The zero-order valence-corrected chi connectivity index (χ0v) is 18.7. The summed E-state index contributed by atoms with van der Waals surface area (Å²) in [7, 11) is -2.88. The Labute approximate surface area is 189 Å². The molecule has 3 aliphatic rings. The fourth-order valence-electron chi connectivity index (χ4n) is 4.26. The SMILES string of the molecule is CN(CCP(=O)(O)O)C(=O)C1=C2CN(Cc3ccc(F)cc3)C(=O)C2=C(O)C2N=CC=CC12. The van der Waals surface area contributed by atoms with Crippen LogP contribution in [0.15, 0.2) is 63.9 Å². The number of allylic oxidation sites excluding steroid dienone is 1. The average molecular weight is 475 g/mol. The molecule has 0 bridgehead atoms. The largest absolute Gasteiger partial charge is 0.509 e. The Bertz CT molecular complexity index is 1170. The molecular formula is C22H23FN3O6P. The molecule has 33 heavy (non-hydrogen) atoms. The number of hydrogen-bond donors (Lipinski definition) is 3. The lowest BCUT2D eigenvalue weighted by Crippen LogP contribution is -2.39. The minimum absolute atomic E-state index is 0.0255. The Balaban J connectivity index is 1.71. The quantitative estimate of drug-likeness (QED) is 0.536. The zero-order valence-electron chi connectivity index (χ0n) is 17.8. The fourth-order valence-corrected chi connectivity index (χ4v) is 4.82. The summed E-state index contributed by atoms with van der Waals surface area (Å²) in [5, 5.41) is 10.9. The second kappa shape index (κ2) is 8.70. The van der Waals surface area contributed by atoms with Crippen LogP contribution in [-0.2, 0) is 20.7 Å². The van der Waals surface area contributed by atoms with E-state index in [4.69, 9.17) is 0 Å². The number of dihydropyridines is 1. The van der Waals surface area contributed by atoms with Crippen LogP contribution < -0.4 is 0 Å². The van der Waals surface area contributed by atoms with Gasteiger partial charge in [0.25, 0.3) is 11.8 Å². The van der Waals surface area contributed by atoms with E-state index in [9.17, 15) is 33.4 Å². The lowest BCUT2D eigenvalue weighted by atomic mass is 9.78. The van der Waals surface area contributed by atoms with Crippen molar-refractivity contribution in [3.05, 3.63) is 70.3 Å². The van der Waals surface area contributed by atoms with Crippen molar-refractivity contribution < 1.29 is 33.4 Å². The first-order chi connectivity index (χ1) is 15.6. The van der Waals surface area contributed by atoms with E-state index in [0.717, 1.165) is 0 Å². The number of likely N-dealkylation sites (tertiary alicyclic amines) is 1. The molecule has 1 aromatic rings. The molecular weight excluding hydrogens is 452 g/mol.